The number of rotatable bonds is 7. The van der Waals surface area contributed by atoms with Crippen LogP contribution in [0.25, 0.3) is 5.69 Å². The Morgan fingerprint density at radius 2 is 2.10 bits per heavy atom. The fraction of sp³-hybridized carbons (Fsp3) is 0.375. The lowest BCUT2D eigenvalue weighted by Gasteiger charge is -2.08. The first-order valence-corrected chi connectivity index (χ1v) is 7.16. The van der Waals surface area contributed by atoms with Gasteiger partial charge in [0.15, 0.2) is 0 Å². The van der Waals surface area contributed by atoms with E-state index in [0.29, 0.717) is 18.7 Å². The highest BCUT2D eigenvalue weighted by atomic mass is 16.5. The standard InChI is InChI=1S/C16H21N3O2/c1-13(2)21-12-4-9-17-16(20)14-5-7-15(8-6-14)19-11-3-10-18-19/h3,5-8,10-11,13H,4,9,12H2,1-2H3,(H,17,20). The summed E-state index contributed by atoms with van der Waals surface area (Å²) in [5.74, 6) is -0.0634. The third kappa shape index (κ3) is 4.72. The molecule has 0 spiro atoms. The maximum atomic E-state index is 12.0. The molecular formula is C16H21N3O2. The molecule has 0 aliphatic heterocycles. The van der Waals surface area contributed by atoms with Crippen LogP contribution in [0.5, 0.6) is 0 Å². The predicted octanol–water partition coefficient (Wildman–Crippen LogP) is 2.42. The topological polar surface area (TPSA) is 56.1 Å². The zero-order valence-corrected chi connectivity index (χ0v) is 12.5. The maximum Gasteiger partial charge on any atom is 0.251 e. The van der Waals surface area contributed by atoms with E-state index in [1.54, 1.807) is 23.0 Å². The first-order chi connectivity index (χ1) is 10.2. The third-order valence-corrected chi connectivity index (χ3v) is 2.96. The Morgan fingerprint density at radius 3 is 2.71 bits per heavy atom. The van der Waals surface area contributed by atoms with E-state index < -0.39 is 0 Å². The Kier molecular flexibility index (Phi) is 5.51. The predicted molar refractivity (Wildman–Crippen MR) is 81.6 cm³/mol. The van der Waals surface area contributed by atoms with Crippen LogP contribution in [0.3, 0.4) is 0 Å². The molecule has 112 valence electrons. The Balaban J connectivity index is 1.80. The lowest BCUT2D eigenvalue weighted by molar-refractivity contribution is 0.0757. The van der Waals surface area contributed by atoms with Crippen molar-refractivity contribution >= 4 is 5.91 Å². The Hall–Kier alpha value is -2.14. The van der Waals surface area contributed by atoms with Crippen molar-refractivity contribution in [2.45, 2.75) is 26.4 Å². The molecule has 2 rings (SSSR count). The quantitative estimate of drug-likeness (QED) is 0.796. The molecule has 5 nitrogen and oxygen atoms in total. The molecule has 1 aromatic carbocycles. The van der Waals surface area contributed by atoms with Crippen LogP contribution in [0.4, 0.5) is 0 Å². The SMILES string of the molecule is CC(C)OCCCNC(=O)c1ccc(-n2cccn2)cc1. The van der Waals surface area contributed by atoms with Crippen LogP contribution < -0.4 is 5.32 Å². The van der Waals surface area contributed by atoms with Gasteiger partial charge in [0.05, 0.1) is 11.8 Å². The van der Waals surface area contributed by atoms with Gasteiger partial charge in [-0.2, -0.15) is 5.10 Å². The number of nitrogens with zero attached hydrogens (tertiary/aromatic N) is 2. The molecule has 0 atom stereocenters. The van der Waals surface area contributed by atoms with E-state index in [1.165, 1.54) is 0 Å². The minimum atomic E-state index is -0.0634. The number of hydrogen-bond donors (Lipinski definition) is 1. The normalized spacial score (nSPS) is 10.8. The number of hydrogen-bond acceptors (Lipinski definition) is 3. The summed E-state index contributed by atoms with van der Waals surface area (Å²) in [5, 5.41) is 7.03. The summed E-state index contributed by atoms with van der Waals surface area (Å²) in [6.07, 6.45) is 4.63. The number of ether oxygens (including phenoxy) is 1. The highest BCUT2D eigenvalue weighted by molar-refractivity contribution is 5.94. The van der Waals surface area contributed by atoms with Gasteiger partial charge in [-0.15, -0.1) is 0 Å². The molecule has 1 heterocycles. The number of aromatic nitrogens is 2. The number of carbonyl (C=O) groups excluding carboxylic acids is 1. The highest BCUT2D eigenvalue weighted by Crippen LogP contribution is 2.08. The van der Waals surface area contributed by atoms with E-state index in [4.69, 9.17) is 4.74 Å². The highest BCUT2D eigenvalue weighted by Gasteiger charge is 2.05. The van der Waals surface area contributed by atoms with Crippen molar-refractivity contribution in [3.05, 3.63) is 48.3 Å². The molecule has 1 N–H and O–H groups in total. The van der Waals surface area contributed by atoms with Crippen LogP contribution in [0.2, 0.25) is 0 Å². The number of benzene rings is 1. The van der Waals surface area contributed by atoms with Crippen LogP contribution in [-0.2, 0) is 4.74 Å². The smallest absolute Gasteiger partial charge is 0.251 e. The minimum Gasteiger partial charge on any atom is -0.379 e. The van der Waals surface area contributed by atoms with Gasteiger partial charge < -0.3 is 10.1 Å². The monoisotopic (exact) mass is 287 g/mol. The Bertz CT molecular complexity index is 547. The van der Waals surface area contributed by atoms with Crippen LogP contribution in [-0.4, -0.2) is 34.9 Å². The van der Waals surface area contributed by atoms with Crippen molar-refractivity contribution in [2.24, 2.45) is 0 Å². The van der Waals surface area contributed by atoms with Gasteiger partial charge in [-0.3, -0.25) is 4.79 Å². The average molecular weight is 287 g/mol. The summed E-state index contributed by atoms with van der Waals surface area (Å²) in [6.45, 7) is 5.28. The molecule has 0 saturated carbocycles. The van der Waals surface area contributed by atoms with Crippen molar-refractivity contribution in [1.82, 2.24) is 15.1 Å². The molecule has 0 aliphatic rings. The summed E-state index contributed by atoms with van der Waals surface area (Å²) in [4.78, 5) is 12.0. The largest absolute Gasteiger partial charge is 0.379 e. The molecule has 0 saturated heterocycles. The average Bonchev–Trinajstić information content (AvgIpc) is 3.01. The molecule has 5 heteroatoms. The number of carbonyl (C=O) groups is 1. The first kappa shape index (κ1) is 15.3. The van der Waals surface area contributed by atoms with Crippen molar-refractivity contribution < 1.29 is 9.53 Å². The maximum absolute atomic E-state index is 12.0. The second-order valence-corrected chi connectivity index (χ2v) is 5.03. The van der Waals surface area contributed by atoms with Gasteiger partial charge in [0.1, 0.15) is 0 Å². The third-order valence-electron chi connectivity index (χ3n) is 2.96. The van der Waals surface area contributed by atoms with Gasteiger partial charge in [0.2, 0.25) is 0 Å². The fourth-order valence-electron chi connectivity index (χ4n) is 1.88. The van der Waals surface area contributed by atoms with Crippen LogP contribution in [0.15, 0.2) is 42.7 Å². The first-order valence-electron chi connectivity index (χ1n) is 7.16. The molecule has 2 aromatic rings. The summed E-state index contributed by atoms with van der Waals surface area (Å²) in [5.41, 5.74) is 1.58. The van der Waals surface area contributed by atoms with Gasteiger partial charge in [0, 0.05) is 31.1 Å². The summed E-state index contributed by atoms with van der Waals surface area (Å²) in [7, 11) is 0. The molecule has 0 bridgehead atoms. The fourth-order valence-corrected chi connectivity index (χ4v) is 1.88. The van der Waals surface area contributed by atoms with Gasteiger partial charge >= 0.3 is 0 Å². The van der Waals surface area contributed by atoms with Gasteiger partial charge in [0.25, 0.3) is 5.91 Å². The zero-order chi connectivity index (χ0) is 15.1. The summed E-state index contributed by atoms with van der Waals surface area (Å²) < 4.78 is 7.18. The lowest BCUT2D eigenvalue weighted by atomic mass is 10.2. The van der Waals surface area contributed by atoms with E-state index in [0.717, 1.165) is 12.1 Å². The summed E-state index contributed by atoms with van der Waals surface area (Å²) >= 11 is 0. The second-order valence-electron chi connectivity index (χ2n) is 5.03. The van der Waals surface area contributed by atoms with Gasteiger partial charge in [-0.1, -0.05) is 0 Å². The molecule has 1 amide bonds. The van der Waals surface area contributed by atoms with E-state index in [2.05, 4.69) is 10.4 Å². The van der Waals surface area contributed by atoms with E-state index in [-0.39, 0.29) is 12.0 Å². The van der Waals surface area contributed by atoms with Gasteiger partial charge in [-0.25, -0.2) is 4.68 Å². The molecule has 1 aromatic heterocycles. The molecule has 0 aliphatic carbocycles. The molecule has 0 unspecified atom stereocenters. The molecular weight excluding hydrogens is 266 g/mol. The number of nitrogens with one attached hydrogen (secondary N) is 1. The van der Waals surface area contributed by atoms with E-state index in [9.17, 15) is 4.79 Å². The van der Waals surface area contributed by atoms with Crippen molar-refractivity contribution in [1.29, 1.82) is 0 Å². The Morgan fingerprint density at radius 1 is 1.33 bits per heavy atom. The molecule has 0 radical (unpaired) electrons. The Labute approximate surface area is 124 Å². The van der Waals surface area contributed by atoms with Crippen LogP contribution in [0, 0.1) is 0 Å². The number of amides is 1. The van der Waals surface area contributed by atoms with E-state index in [1.807, 2.05) is 38.2 Å². The lowest BCUT2D eigenvalue weighted by Crippen LogP contribution is -2.25. The van der Waals surface area contributed by atoms with Crippen LogP contribution >= 0.6 is 0 Å². The van der Waals surface area contributed by atoms with E-state index >= 15 is 0 Å². The molecule has 21 heavy (non-hydrogen) atoms. The zero-order valence-electron chi connectivity index (χ0n) is 12.5. The second kappa shape index (κ2) is 7.59. The van der Waals surface area contributed by atoms with Crippen molar-refractivity contribution in [2.75, 3.05) is 13.2 Å². The minimum absolute atomic E-state index is 0.0634. The van der Waals surface area contributed by atoms with Crippen molar-refractivity contribution in [3.63, 3.8) is 0 Å². The molecule has 0 fully saturated rings. The van der Waals surface area contributed by atoms with Gasteiger partial charge in [-0.05, 0) is 50.6 Å². The van der Waals surface area contributed by atoms with Crippen molar-refractivity contribution in [3.8, 4) is 5.69 Å². The van der Waals surface area contributed by atoms with Crippen LogP contribution in [0.1, 0.15) is 30.6 Å². The summed E-state index contributed by atoms with van der Waals surface area (Å²) in [6, 6.07) is 9.22.